The minimum atomic E-state index is -4.64. The predicted molar refractivity (Wildman–Crippen MR) is 388 cm³/mol. The van der Waals surface area contributed by atoms with Crippen LogP contribution in [0, 0.1) is 10.8 Å². The number of cyclic esters (lactones) is 2. The number of rotatable bonds is 9. The third-order valence-electron chi connectivity index (χ3n) is 18.5. The van der Waals surface area contributed by atoms with Gasteiger partial charge in [-0.3, -0.25) is 44.0 Å². The van der Waals surface area contributed by atoms with E-state index in [4.69, 9.17) is 54.1 Å². The molecule has 6 atom stereocenters. The van der Waals surface area contributed by atoms with Crippen molar-refractivity contribution in [1.82, 2.24) is 55.3 Å². The maximum atomic E-state index is 14.0. The van der Waals surface area contributed by atoms with Crippen molar-refractivity contribution in [3.63, 3.8) is 0 Å². The van der Waals surface area contributed by atoms with Crippen molar-refractivity contribution in [2.24, 2.45) is 16.6 Å². The first-order valence-corrected chi connectivity index (χ1v) is 36.5. The minimum Gasteiger partial charge on any atom is -0.464 e. The van der Waals surface area contributed by atoms with Crippen LogP contribution < -0.4 is 21.9 Å². The maximum absolute atomic E-state index is 14.0. The van der Waals surface area contributed by atoms with Gasteiger partial charge in [0.15, 0.2) is 0 Å². The topological polar surface area (TPSA) is 279 Å². The molecule has 5 N–H and O–H groups in total. The van der Waals surface area contributed by atoms with Gasteiger partial charge in [-0.1, -0.05) is 39.8 Å². The van der Waals surface area contributed by atoms with Gasteiger partial charge in [-0.15, -0.1) is 22.7 Å². The van der Waals surface area contributed by atoms with Gasteiger partial charge in [0, 0.05) is 131 Å². The molecule has 0 spiro atoms. The number of carbonyl (C=O) groups excluding carboxylic acids is 6. The van der Waals surface area contributed by atoms with Gasteiger partial charge in [0.2, 0.25) is 6.29 Å². The van der Waals surface area contributed by atoms with Crippen LogP contribution in [0.1, 0.15) is 147 Å². The highest BCUT2D eigenvalue weighted by Gasteiger charge is 2.39. The molecule has 6 aromatic heterocycles. The number of ether oxygens (including phenoxy) is 5. The van der Waals surface area contributed by atoms with E-state index in [0.717, 1.165) is 102 Å². The lowest BCUT2D eigenvalue weighted by molar-refractivity contribution is -0.156. The molecule has 2 saturated heterocycles. The van der Waals surface area contributed by atoms with Crippen LogP contribution >= 0.6 is 22.7 Å². The van der Waals surface area contributed by atoms with Crippen molar-refractivity contribution >= 4 is 80.6 Å². The summed E-state index contributed by atoms with van der Waals surface area (Å²) in [5.41, 5.74) is 24.9. The lowest BCUT2D eigenvalue weighted by Crippen LogP contribution is -2.60. The summed E-state index contributed by atoms with van der Waals surface area (Å²) in [7, 11) is 3.39. The second-order valence-electron chi connectivity index (χ2n) is 28.9. The van der Waals surface area contributed by atoms with Crippen molar-refractivity contribution in [2.75, 3.05) is 40.5 Å². The summed E-state index contributed by atoms with van der Waals surface area (Å²) in [5.74, 6) is -1.40. The van der Waals surface area contributed by atoms with E-state index in [1.807, 2.05) is 42.9 Å². The molecule has 10 heterocycles. The Kier molecular flexibility index (Phi) is 24.1. The number of alkyl carbamates (subject to hydrolysis) is 1. The third-order valence-corrected chi connectivity index (χ3v) is 20.3. The monoisotopic (exact) mass is 1460 g/mol. The summed E-state index contributed by atoms with van der Waals surface area (Å²) in [6.45, 7) is 24.8. The third kappa shape index (κ3) is 18.2. The number of amides is 3. The zero-order valence-corrected chi connectivity index (χ0v) is 62.3. The fourth-order valence-electron chi connectivity index (χ4n) is 13.5. The number of aromatic nitrogens is 6. The number of halogens is 3. The number of thiazole rings is 2. The summed E-state index contributed by atoms with van der Waals surface area (Å²) in [4.78, 5) is 95.2. The van der Waals surface area contributed by atoms with Gasteiger partial charge in [0.1, 0.15) is 23.7 Å². The van der Waals surface area contributed by atoms with Gasteiger partial charge < -0.3 is 43.9 Å². The normalized spacial score (nSPS) is 20.2. The van der Waals surface area contributed by atoms with Crippen LogP contribution in [0.25, 0.3) is 66.8 Å². The molecule has 103 heavy (non-hydrogen) atoms. The second-order valence-corrected chi connectivity index (χ2v) is 30.8. The van der Waals surface area contributed by atoms with Crippen LogP contribution in [0.5, 0.6) is 0 Å². The summed E-state index contributed by atoms with van der Waals surface area (Å²) >= 11 is 2.94. The van der Waals surface area contributed by atoms with Gasteiger partial charge in [-0.25, -0.2) is 25.6 Å². The van der Waals surface area contributed by atoms with E-state index in [9.17, 15) is 37.1 Å². The van der Waals surface area contributed by atoms with Crippen LogP contribution in [0.3, 0.4) is 0 Å². The fourth-order valence-corrected chi connectivity index (χ4v) is 15.2. The number of hydrogen-bond donors (Lipinski definition) is 4. The van der Waals surface area contributed by atoms with E-state index in [0.29, 0.717) is 63.0 Å². The van der Waals surface area contributed by atoms with Gasteiger partial charge in [0.25, 0.3) is 11.8 Å². The van der Waals surface area contributed by atoms with E-state index in [1.165, 1.54) is 38.3 Å². The highest BCUT2D eigenvalue weighted by molar-refractivity contribution is 7.10. The van der Waals surface area contributed by atoms with Gasteiger partial charge >= 0.3 is 24.2 Å². The number of fused-ring (bicyclic) bond motifs is 12. The zero-order chi connectivity index (χ0) is 74.5. The molecular weight excluding hydrogens is 1370 g/mol. The summed E-state index contributed by atoms with van der Waals surface area (Å²) in [6, 6.07) is 18.0. The van der Waals surface area contributed by atoms with Crippen molar-refractivity contribution in [3.8, 4) is 45.0 Å². The van der Waals surface area contributed by atoms with E-state index < -0.39 is 65.1 Å². The quantitative estimate of drug-likeness (QED) is 0.0593. The molecular formula is C75H93F3N12O11S2. The number of benzene rings is 2. The molecule has 12 bridgehead atoms. The summed E-state index contributed by atoms with van der Waals surface area (Å²) in [6.07, 6.45) is 0.882. The molecule has 4 aliphatic rings. The van der Waals surface area contributed by atoms with Gasteiger partial charge in [-0.2, -0.15) is 13.2 Å². The molecule has 8 aromatic rings. The smallest absolute Gasteiger partial charge is 0.446 e. The Morgan fingerprint density at radius 3 is 1.56 bits per heavy atom. The van der Waals surface area contributed by atoms with Crippen LogP contribution in [0.4, 0.5) is 18.0 Å². The largest absolute Gasteiger partial charge is 0.464 e. The SMILES string of the molecule is CCn1c(-c2cccnc2[C@H](C)OC)c2c3cc(ccc31)-c1csc(n1)C[C@H](N)C(=O)N1CCC[C@H](N1)C(=O)OCC(C)(C)C2.CCn1c(-c2cccnc2[C@H](C)OC)c2c3cc(ccc31)-c1csc(n1)C[C@H](NC(=O)OC(C)(C)C)C(=O)N1CCC[C@H](N1)C(=O)OCC(C)(C)C2.O=CC(F)(F)F. The van der Waals surface area contributed by atoms with E-state index in [1.54, 1.807) is 41.2 Å². The molecule has 3 amide bonds. The fraction of sp³-hybridized carbons (Fsp3) is 0.493. The Morgan fingerprint density at radius 1 is 0.709 bits per heavy atom. The minimum absolute atomic E-state index is 0.148. The lowest BCUT2D eigenvalue weighted by Gasteiger charge is -2.35. The Morgan fingerprint density at radius 2 is 1.15 bits per heavy atom. The van der Waals surface area contributed by atoms with Crippen LogP contribution in [-0.4, -0.2) is 152 Å². The van der Waals surface area contributed by atoms with Crippen LogP contribution in [-0.2, 0) is 86.4 Å². The molecule has 2 aromatic carbocycles. The van der Waals surface area contributed by atoms with E-state index in [2.05, 4.69) is 115 Å². The first-order valence-electron chi connectivity index (χ1n) is 34.8. The molecule has 28 heteroatoms. The Labute approximate surface area is 605 Å². The lowest BCUT2D eigenvalue weighted by atomic mass is 9.84. The molecule has 0 aliphatic carbocycles. The van der Waals surface area contributed by atoms with Gasteiger partial charge in [-0.05, 0) is 147 Å². The average molecular weight is 1460 g/mol. The first kappa shape index (κ1) is 77.1. The number of methoxy groups -OCH3 is 2. The number of alkyl halides is 3. The van der Waals surface area contributed by atoms with Gasteiger partial charge in [0.05, 0.1) is 75.6 Å². The summed E-state index contributed by atoms with van der Waals surface area (Å²) in [5, 5.41) is 13.4. The summed E-state index contributed by atoms with van der Waals surface area (Å²) < 4.78 is 65.0. The van der Waals surface area contributed by atoms with E-state index >= 15 is 0 Å². The number of carbonyl (C=O) groups is 6. The van der Waals surface area contributed by atoms with E-state index in [-0.39, 0.29) is 49.6 Å². The van der Waals surface area contributed by atoms with Crippen molar-refractivity contribution in [3.05, 3.63) is 116 Å². The number of aryl methyl sites for hydroxylation is 2. The number of nitrogens with one attached hydrogen (secondary N) is 3. The molecule has 0 saturated carbocycles. The average Bonchev–Trinajstić information content (AvgIpc) is 1.60. The number of nitrogens with two attached hydrogens (primary N) is 1. The number of pyridine rings is 2. The molecule has 23 nitrogen and oxygen atoms in total. The van der Waals surface area contributed by atoms with Crippen molar-refractivity contribution < 1.29 is 65.6 Å². The van der Waals surface area contributed by atoms with Crippen molar-refractivity contribution in [2.45, 2.75) is 189 Å². The molecule has 552 valence electrons. The second kappa shape index (κ2) is 32.2. The number of aldehydes is 1. The molecule has 4 aliphatic heterocycles. The van der Waals surface area contributed by atoms with Crippen molar-refractivity contribution in [1.29, 1.82) is 0 Å². The van der Waals surface area contributed by atoms with Crippen LogP contribution in [0.15, 0.2) is 83.8 Å². The number of esters is 2. The number of hydrogen-bond acceptors (Lipinski definition) is 20. The molecule has 0 unspecified atom stereocenters. The highest BCUT2D eigenvalue weighted by Crippen LogP contribution is 2.45. The molecule has 0 radical (unpaired) electrons. The highest BCUT2D eigenvalue weighted by atomic mass is 32.1. The first-order chi connectivity index (χ1) is 48.8. The molecule has 12 rings (SSSR count). The Bertz CT molecular complexity index is 4400. The maximum Gasteiger partial charge on any atom is 0.446 e. The zero-order valence-electron chi connectivity index (χ0n) is 60.6. The number of hydrazine groups is 2. The standard InChI is InChI=1S/C39H50N6O6S.C34H42N6O4S.C2HF3O/c1-9-44-31-15-14-24-18-26(31)27(34(44)25-12-10-16-40-33(25)23(2)49-8)20-39(6,7)22-50-36(47)28-13-11-17-45(43-28)35(46)29(19-32-41-30(24)21-52-32)42-37(48)51-38(3,4)5;1-6-39-28-12-11-21-15-23(28)24(31(39)22-9-7-13-36-30(22)20(2)43-5)17-34(3,4)19-44-33(42)26-10-8-14-40(38-26)32(41)25(35)16-29-37-27(21)18-45-29;3-2(4,5)1-6/h10,12,14-16,18,21,23,28-29,43H,9,11,13,17,19-20,22H2,1-8H3,(H,42,48);7,9,11-13,15,18,20,25-26,38H,6,8,10,14,16-17,19,35H2,1-5H3;1H/t23-,28-,29-;20-,25-,26-;/m00./s1. The predicted octanol–water partition coefficient (Wildman–Crippen LogP) is 12.4. The molecule has 2 fully saturated rings. The number of nitrogens with zero attached hydrogens (tertiary/aromatic N) is 8. The Balaban J connectivity index is 0.000000207. The van der Waals surface area contributed by atoms with Crippen LogP contribution in [0.2, 0.25) is 0 Å². The Hall–Kier alpha value is -8.51.